The molecule has 0 spiro atoms. The van der Waals surface area contributed by atoms with Crippen LogP contribution in [0.3, 0.4) is 0 Å². The number of piperidine rings is 1. The van der Waals surface area contributed by atoms with Crippen molar-refractivity contribution in [3.05, 3.63) is 28.2 Å². The third kappa shape index (κ3) is 3.24. The van der Waals surface area contributed by atoms with Crippen molar-refractivity contribution in [1.82, 2.24) is 4.90 Å². The van der Waals surface area contributed by atoms with E-state index in [1.807, 2.05) is 18.2 Å². The van der Waals surface area contributed by atoms with Gasteiger partial charge in [0, 0.05) is 34.9 Å². The van der Waals surface area contributed by atoms with Gasteiger partial charge in [0.15, 0.2) is 5.84 Å². The lowest BCUT2D eigenvalue weighted by atomic mass is 10.0. The van der Waals surface area contributed by atoms with Gasteiger partial charge in [0.05, 0.1) is 0 Å². The second-order valence-electron chi connectivity index (χ2n) is 5.33. The topological polar surface area (TPSA) is 65.1 Å². The summed E-state index contributed by atoms with van der Waals surface area (Å²) in [5, 5.41) is 12.1. The Morgan fingerprint density at radius 1 is 1.40 bits per heavy atom. The van der Waals surface area contributed by atoms with Crippen LogP contribution in [0.15, 0.2) is 27.8 Å². The minimum absolute atomic E-state index is 0.155. The molecule has 0 amide bonds. The molecule has 2 rings (SSSR count). The average Bonchev–Trinajstić information content (AvgIpc) is 2.46. The van der Waals surface area contributed by atoms with Crippen molar-refractivity contribution < 1.29 is 5.21 Å². The van der Waals surface area contributed by atoms with E-state index < -0.39 is 0 Å². The first-order valence-electron chi connectivity index (χ1n) is 6.71. The van der Waals surface area contributed by atoms with Crippen molar-refractivity contribution in [1.29, 1.82) is 0 Å². The summed E-state index contributed by atoms with van der Waals surface area (Å²) < 4.78 is 0.997. The Morgan fingerprint density at radius 3 is 2.60 bits per heavy atom. The molecule has 5 nitrogen and oxygen atoms in total. The van der Waals surface area contributed by atoms with Crippen LogP contribution >= 0.6 is 15.9 Å². The first kappa shape index (κ1) is 15.1. The lowest BCUT2D eigenvalue weighted by Gasteiger charge is -2.37. The molecular weight excluding hydrogens is 320 g/mol. The van der Waals surface area contributed by atoms with Crippen LogP contribution in [0.2, 0.25) is 0 Å². The molecule has 20 heavy (non-hydrogen) atoms. The molecule has 0 aromatic heterocycles. The van der Waals surface area contributed by atoms with Gasteiger partial charge in [0.2, 0.25) is 0 Å². The molecule has 1 fully saturated rings. The molecule has 1 aromatic rings. The van der Waals surface area contributed by atoms with Crippen molar-refractivity contribution in [3.8, 4) is 0 Å². The summed E-state index contributed by atoms with van der Waals surface area (Å²) in [7, 11) is 4.25. The number of amidine groups is 1. The summed E-state index contributed by atoms with van der Waals surface area (Å²) >= 11 is 3.49. The van der Waals surface area contributed by atoms with Gasteiger partial charge in [-0.3, -0.25) is 0 Å². The highest BCUT2D eigenvalue weighted by Gasteiger charge is 2.23. The molecule has 110 valence electrons. The fraction of sp³-hybridized carbons (Fsp3) is 0.500. The van der Waals surface area contributed by atoms with Crippen molar-refractivity contribution in [2.45, 2.75) is 18.9 Å². The highest BCUT2D eigenvalue weighted by molar-refractivity contribution is 9.10. The molecule has 1 aliphatic rings. The fourth-order valence-electron chi connectivity index (χ4n) is 2.66. The van der Waals surface area contributed by atoms with Gasteiger partial charge in [-0.2, -0.15) is 0 Å². The molecule has 1 aromatic carbocycles. The monoisotopic (exact) mass is 340 g/mol. The number of rotatable bonds is 3. The van der Waals surface area contributed by atoms with Crippen LogP contribution in [-0.4, -0.2) is 49.2 Å². The van der Waals surface area contributed by atoms with Crippen molar-refractivity contribution in [3.63, 3.8) is 0 Å². The Labute approximate surface area is 128 Å². The van der Waals surface area contributed by atoms with Crippen molar-refractivity contribution in [2.75, 3.05) is 32.1 Å². The minimum atomic E-state index is 0.155. The predicted octanol–water partition coefficient (Wildman–Crippen LogP) is 2.07. The zero-order chi connectivity index (χ0) is 14.7. The number of hydrogen-bond acceptors (Lipinski definition) is 4. The Hall–Kier alpha value is -1.27. The lowest BCUT2D eigenvalue weighted by Crippen LogP contribution is -2.42. The van der Waals surface area contributed by atoms with Crippen LogP contribution < -0.4 is 10.6 Å². The number of nitrogens with two attached hydrogens (primary N) is 1. The van der Waals surface area contributed by atoms with Crippen LogP contribution in [0.25, 0.3) is 0 Å². The summed E-state index contributed by atoms with van der Waals surface area (Å²) in [6.07, 6.45) is 2.24. The molecule has 1 aliphatic heterocycles. The molecule has 1 heterocycles. The van der Waals surface area contributed by atoms with Gasteiger partial charge in [0.25, 0.3) is 0 Å². The van der Waals surface area contributed by atoms with Gasteiger partial charge in [-0.05, 0) is 45.1 Å². The second-order valence-corrected chi connectivity index (χ2v) is 6.24. The number of oxime groups is 1. The quantitative estimate of drug-likeness (QED) is 0.382. The van der Waals surface area contributed by atoms with Gasteiger partial charge in [-0.1, -0.05) is 21.1 Å². The molecule has 0 atom stereocenters. The largest absolute Gasteiger partial charge is 0.409 e. The minimum Gasteiger partial charge on any atom is -0.409 e. The average molecular weight is 341 g/mol. The summed E-state index contributed by atoms with van der Waals surface area (Å²) in [4.78, 5) is 4.58. The lowest BCUT2D eigenvalue weighted by molar-refractivity contribution is 0.249. The molecule has 0 bridgehead atoms. The molecule has 0 radical (unpaired) electrons. The van der Waals surface area contributed by atoms with Gasteiger partial charge < -0.3 is 20.7 Å². The Balaban J connectivity index is 2.23. The second kappa shape index (κ2) is 6.45. The van der Waals surface area contributed by atoms with E-state index in [2.05, 4.69) is 45.0 Å². The van der Waals surface area contributed by atoms with E-state index in [-0.39, 0.29) is 5.84 Å². The third-order valence-corrected chi connectivity index (χ3v) is 4.37. The number of anilines is 1. The number of halogens is 1. The third-order valence-electron chi connectivity index (χ3n) is 3.88. The molecule has 0 unspecified atom stereocenters. The van der Waals surface area contributed by atoms with E-state index in [0.29, 0.717) is 6.04 Å². The van der Waals surface area contributed by atoms with Crippen LogP contribution in [-0.2, 0) is 0 Å². The molecule has 1 saturated heterocycles. The number of hydrogen-bond donors (Lipinski definition) is 2. The smallest absolute Gasteiger partial charge is 0.172 e. The molecule has 3 N–H and O–H groups in total. The Kier molecular flexibility index (Phi) is 4.88. The van der Waals surface area contributed by atoms with Crippen LogP contribution in [0.1, 0.15) is 18.4 Å². The maximum Gasteiger partial charge on any atom is 0.172 e. The van der Waals surface area contributed by atoms with Crippen LogP contribution in [0.4, 0.5) is 5.69 Å². The van der Waals surface area contributed by atoms with E-state index in [9.17, 15) is 0 Å². The summed E-state index contributed by atoms with van der Waals surface area (Å²) in [6, 6.07) is 6.45. The summed E-state index contributed by atoms with van der Waals surface area (Å²) in [5.41, 5.74) is 7.57. The highest BCUT2D eigenvalue weighted by Crippen LogP contribution is 2.28. The first-order valence-corrected chi connectivity index (χ1v) is 7.51. The summed E-state index contributed by atoms with van der Waals surface area (Å²) in [5.74, 6) is 0.155. The molecule has 0 aliphatic carbocycles. The van der Waals surface area contributed by atoms with Crippen LogP contribution in [0, 0.1) is 0 Å². The zero-order valence-corrected chi connectivity index (χ0v) is 13.5. The number of nitrogens with zero attached hydrogens (tertiary/aromatic N) is 3. The zero-order valence-electron chi connectivity index (χ0n) is 11.9. The van der Waals surface area contributed by atoms with E-state index in [1.165, 1.54) is 0 Å². The van der Waals surface area contributed by atoms with E-state index in [4.69, 9.17) is 10.9 Å². The molecule has 0 saturated carbocycles. The summed E-state index contributed by atoms with van der Waals surface area (Å²) in [6.45, 7) is 1.95. The van der Waals surface area contributed by atoms with E-state index in [1.54, 1.807) is 0 Å². The van der Waals surface area contributed by atoms with Crippen molar-refractivity contribution in [2.24, 2.45) is 10.9 Å². The van der Waals surface area contributed by atoms with Gasteiger partial charge in [-0.25, -0.2) is 0 Å². The first-order chi connectivity index (χ1) is 9.52. The maximum absolute atomic E-state index is 8.92. The van der Waals surface area contributed by atoms with Crippen molar-refractivity contribution >= 4 is 27.5 Å². The SMILES string of the molecule is CN(C)C1CCN(c2cc(Br)ccc2/C(N)=N/O)CC1. The van der Waals surface area contributed by atoms with Crippen LogP contribution in [0.5, 0.6) is 0 Å². The maximum atomic E-state index is 8.92. The predicted molar refractivity (Wildman–Crippen MR) is 85.6 cm³/mol. The Bertz CT molecular complexity index is 496. The molecular formula is C14H21BrN4O. The molecule has 6 heteroatoms. The number of benzene rings is 1. The van der Waals surface area contributed by atoms with E-state index in [0.717, 1.165) is 41.7 Å². The highest BCUT2D eigenvalue weighted by atomic mass is 79.9. The Morgan fingerprint density at radius 2 is 2.05 bits per heavy atom. The van der Waals surface area contributed by atoms with Gasteiger partial charge in [0.1, 0.15) is 0 Å². The standard InChI is InChI=1S/C14H21BrN4O/c1-18(2)11-5-7-19(8-6-11)13-9-10(15)3-4-12(13)14(16)17-20/h3-4,9,11,20H,5-8H2,1-2H3,(H2,16,17). The van der Waals surface area contributed by atoms with E-state index >= 15 is 0 Å². The normalized spacial score (nSPS) is 17.8. The fourth-order valence-corrected chi connectivity index (χ4v) is 3.01. The van der Waals surface area contributed by atoms with Gasteiger partial charge >= 0.3 is 0 Å². The van der Waals surface area contributed by atoms with Gasteiger partial charge in [-0.15, -0.1) is 0 Å².